The van der Waals surface area contributed by atoms with E-state index in [-0.39, 0.29) is 27.8 Å². The van der Waals surface area contributed by atoms with E-state index in [0.717, 1.165) is 61.2 Å². The van der Waals surface area contributed by atoms with Crippen LogP contribution in [0.25, 0.3) is 0 Å². The molecule has 0 radical (unpaired) electrons. The van der Waals surface area contributed by atoms with Gasteiger partial charge < -0.3 is 0 Å². The number of hydrogen-bond donors (Lipinski definition) is 0. The molecule has 0 saturated heterocycles. The number of hydrogen-bond acceptors (Lipinski definition) is 5. The molecule has 0 heterocycles. The lowest BCUT2D eigenvalue weighted by Crippen LogP contribution is -2.10. The van der Waals surface area contributed by atoms with Gasteiger partial charge >= 0.3 is 0 Å². The first-order valence-electron chi connectivity index (χ1n) is 12.6. The van der Waals surface area contributed by atoms with E-state index in [1.807, 2.05) is 24.3 Å². The third-order valence-electron chi connectivity index (χ3n) is 6.13. The van der Waals surface area contributed by atoms with Crippen molar-refractivity contribution in [3.05, 3.63) is 59.7 Å². The van der Waals surface area contributed by atoms with Gasteiger partial charge in [-0.1, -0.05) is 76.9 Å². The highest BCUT2D eigenvalue weighted by Crippen LogP contribution is 2.29. The zero-order valence-electron chi connectivity index (χ0n) is 21.0. The van der Waals surface area contributed by atoms with Crippen molar-refractivity contribution in [2.45, 2.75) is 88.9 Å². The molecule has 2 unspecified atom stereocenters. The van der Waals surface area contributed by atoms with E-state index in [4.69, 9.17) is 0 Å². The molecule has 2 atom stereocenters. The van der Waals surface area contributed by atoms with Gasteiger partial charge in [0, 0.05) is 32.8 Å². The fourth-order valence-electron chi connectivity index (χ4n) is 3.79. The van der Waals surface area contributed by atoms with Gasteiger partial charge in [-0.05, 0) is 74.2 Å². The summed E-state index contributed by atoms with van der Waals surface area (Å²) in [6.07, 6.45) is 7.93. The van der Waals surface area contributed by atoms with Crippen molar-refractivity contribution >= 4 is 39.5 Å². The van der Waals surface area contributed by atoms with E-state index in [2.05, 4.69) is 27.7 Å². The minimum Gasteiger partial charge on any atom is -0.289 e. The highest BCUT2D eigenvalue weighted by Gasteiger charge is 2.19. The monoisotopic (exact) mass is 498 g/mol. The van der Waals surface area contributed by atoms with Gasteiger partial charge in [-0.25, -0.2) is 0 Å². The minimum atomic E-state index is -0.0606. The van der Waals surface area contributed by atoms with Crippen LogP contribution >= 0.6 is 23.5 Å². The summed E-state index contributed by atoms with van der Waals surface area (Å²) >= 11 is 2.55. The van der Waals surface area contributed by atoms with Crippen LogP contribution in [0.4, 0.5) is 0 Å². The molecule has 0 aliphatic rings. The molecule has 0 N–H and O–H groups in total. The van der Waals surface area contributed by atoms with Gasteiger partial charge in [-0.2, -0.15) is 0 Å². The predicted molar refractivity (Wildman–Crippen MR) is 145 cm³/mol. The van der Waals surface area contributed by atoms with Gasteiger partial charge in [-0.15, -0.1) is 0 Å². The quantitative estimate of drug-likeness (QED) is 0.193. The SMILES string of the molecule is CCCCC(CC)C(=O)Sc1ccc(C(=O)c2ccc(SC(=O)C(CC)CCCC)cc2)cc1. The standard InChI is InChI=1S/C29H38O3S2/c1-5-9-11-21(7-3)28(31)33-25-17-13-23(14-18-25)27(30)24-15-19-26(20-16-24)34-29(32)22(8-4)12-10-6-2/h13-22H,5-12H2,1-4H3. The van der Waals surface area contributed by atoms with Crippen LogP contribution in [-0.4, -0.2) is 16.0 Å². The maximum atomic E-state index is 12.9. The number of benzene rings is 2. The first-order valence-corrected chi connectivity index (χ1v) is 14.2. The summed E-state index contributed by atoms with van der Waals surface area (Å²) in [5.41, 5.74) is 1.19. The van der Waals surface area contributed by atoms with Crippen molar-refractivity contribution in [2.24, 2.45) is 11.8 Å². The zero-order chi connectivity index (χ0) is 24.9. The van der Waals surface area contributed by atoms with Gasteiger partial charge in [-0.3, -0.25) is 14.4 Å². The summed E-state index contributed by atoms with van der Waals surface area (Å²) in [6, 6.07) is 14.6. The van der Waals surface area contributed by atoms with Crippen LogP contribution in [0.3, 0.4) is 0 Å². The normalized spacial score (nSPS) is 12.8. The molecular formula is C29H38O3S2. The van der Waals surface area contributed by atoms with E-state index < -0.39 is 0 Å². The van der Waals surface area contributed by atoms with E-state index in [1.54, 1.807) is 24.3 Å². The Morgan fingerprint density at radius 1 is 0.618 bits per heavy atom. The van der Waals surface area contributed by atoms with Gasteiger partial charge in [0.2, 0.25) is 0 Å². The van der Waals surface area contributed by atoms with Crippen molar-refractivity contribution < 1.29 is 14.4 Å². The minimum absolute atomic E-state index is 0.0606. The molecule has 0 fully saturated rings. The Kier molecular flexibility index (Phi) is 12.7. The van der Waals surface area contributed by atoms with Crippen molar-refractivity contribution in [3.8, 4) is 0 Å². The molecule has 3 nitrogen and oxygen atoms in total. The Hall–Kier alpha value is -1.85. The van der Waals surface area contributed by atoms with Gasteiger partial charge in [0.15, 0.2) is 16.0 Å². The molecule has 0 spiro atoms. The average molecular weight is 499 g/mol. The molecule has 2 aromatic rings. The second kappa shape index (κ2) is 15.2. The lowest BCUT2D eigenvalue weighted by Gasteiger charge is -2.13. The predicted octanol–water partition coefficient (Wildman–Crippen LogP) is 8.59. The summed E-state index contributed by atoms with van der Waals surface area (Å²) in [6.45, 7) is 8.41. The Balaban J connectivity index is 1.98. The molecule has 34 heavy (non-hydrogen) atoms. The van der Waals surface area contributed by atoms with Crippen molar-refractivity contribution in [2.75, 3.05) is 0 Å². The molecule has 2 aromatic carbocycles. The van der Waals surface area contributed by atoms with Crippen LogP contribution in [0, 0.1) is 11.8 Å². The molecule has 2 rings (SSSR count). The van der Waals surface area contributed by atoms with E-state index >= 15 is 0 Å². The smallest absolute Gasteiger partial charge is 0.196 e. The van der Waals surface area contributed by atoms with E-state index in [9.17, 15) is 14.4 Å². The summed E-state index contributed by atoms with van der Waals surface area (Å²) < 4.78 is 0. The van der Waals surface area contributed by atoms with Crippen LogP contribution < -0.4 is 0 Å². The third kappa shape index (κ3) is 8.74. The van der Waals surface area contributed by atoms with Gasteiger partial charge in [0.1, 0.15) is 0 Å². The van der Waals surface area contributed by atoms with E-state index in [1.165, 1.54) is 23.5 Å². The molecule has 0 bridgehead atoms. The largest absolute Gasteiger partial charge is 0.289 e. The first kappa shape index (κ1) is 28.4. The van der Waals surface area contributed by atoms with Gasteiger partial charge in [0.05, 0.1) is 0 Å². The third-order valence-corrected chi connectivity index (χ3v) is 8.22. The maximum Gasteiger partial charge on any atom is 0.196 e. The fraction of sp³-hybridized carbons (Fsp3) is 0.483. The van der Waals surface area contributed by atoms with Crippen LogP contribution in [0.5, 0.6) is 0 Å². The second-order valence-corrected chi connectivity index (χ2v) is 10.9. The number of thioether (sulfide) groups is 2. The lowest BCUT2D eigenvalue weighted by atomic mass is 10.0. The van der Waals surface area contributed by atoms with E-state index in [0.29, 0.717) is 11.1 Å². The van der Waals surface area contributed by atoms with Crippen LogP contribution in [-0.2, 0) is 9.59 Å². The maximum absolute atomic E-state index is 12.9. The molecule has 5 heteroatoms. The Morgan fingerprint density at radius 2 is 0.971 bits per heavy atom. The molecule has 0 saturated carbocycles. The molecular weight excluding hydrogens is 460 g/mol. The lowest BCUT2D eigenvalue weighted by molar-refractivity contribution is -0.115. The fourth-order valence-corrected chi connectivity index (χ4v) is 5.70. The number of ketones is 1. The highest BCUT2D eigenvalue weighted by atomic mass is 32.2. The molecule has 0 aromatic heterocycles. The van der Waals surface area contributed by atoms with Gasteiger partial charge in [0.25, 0.3) is 0 Å². The van der Waals surface area contributed by atoms with Crippen molar-refractivity contribution in [1.82, 2.24) is 0 Å². The van der Waals surface area contributed by atoms with Crippen molar-refractivity contribution in [1.29, 1.82) is 0 Å². The summed E-state index contributed by atoms with van der Waals surface area (Å²) in [4.78, 5) is 39.8. The van der Waals surface area contributed by atoms with Crippen molar-refractivity contribution in [3.63, 3.8) is 0 Å². The Morgan fingerprint density at radius 3 is 1.26 bits per heavy atom. The summed E-state index contributed by atoms with van der Waals surface area (Å²) in [7, 11) is 0. The average Bonchev–Trinajstić information content (AvgIpc) is 2.85. The molecule has 184 valence electrons. The number of unbranched alkanes of at least 4 members (excludes halogenated alkanes) is 2. The Labute approximate surface area is 213 Å². The molecule has 0 amide bonds. The molecule has 0 aliphatic heterocycles. The van der Waals surface area contributed by atoms with Crippen LogP contribution in [0.1, 0.15) is 95.0 Å². The zero-order valence-corrected chi connectivity index (χ0v) is 22.6. The Bertz CT molecular complexity index is 844. The number of rotatable bonds is 14. The number of carbonyl (C=O) groups excluding carboxylic acids is 3. The van der Waals surface area contributed by atoms with Crippen LogP contribution in [0.2, 0.25) is 0 Å². The summed E-state index contributed by atoms with van der Waals surface area (Å²) in [5, 5.41) is 0.412. The van der Waals surface area contributed by atoms with Crippen LogP contribution in [0.15, 0.2) is 58.3 Å². The molecule has 0 aliphatic carbocycles. The number of carbonyl (C=O) groups is 3. The topological polar surface area (TPSA) is 51.2 Å². The first-order chi connectivity index (χ1) is 16.4. The highest BCUT2D eigenvalue weighted by molar-refractivity contribution is 8.14. The summed E-state index contributed by atoms with van der Waals surface area (Å²) in [5.74, 6) is 0.122. The second-order valence-electron chi connectivity index (χ2n) is 8.71.